The normalized spacial score (nSPS) is 24.0. The molecule has 2 saturated heterocycles. The summed E-state index contributed by atoms with van der Waals surface area (Å²) in [4.78, 5) is 32.8. The maximum Gasteiger partial charge on any atom is 0.255 e. The molecule has 1 aromatic rings. The molecule has 3 rings (SSSR count). The van der Waals surface area contributed by atoms with E-state index in [0.717, 1.165) is 19.4 Å². The van der Waals surface area contributed by atoms with Gasteiger partial charge in [0, 0.05) is 39.5 Å². The van der Waals surface area contributed by atoms with Crippen LogP contribution in [0.4, 0.5) is 5.82 Å². The van der Waals surface area contributed by atoms with Crippen LogP contribution in [0.5, 0.6) is 0 Å². The van der Waals surface area contributed by atoms with Gasteiger partial charge in [0.25, 0.3) is 5.91 Å². The van der Waals surface area contributed by atoms with Gasteiger partial charge in [-0.15, -0.1) is 0 Å². The van der Waals surface area contributed by atoms with E-state index < -0.39 is 5.41 Å². The summed E-state index contributed by atoms with van der Waals surface area (Å²) >= 11 is 0. The van der Waals surface area contributed by atoms with Crippen molar-refractivity contribution in [2.45, 2.75) is 12.8 Å². The number of carbonyl (C=O) groups excluding carboxylic acids is 2. The Morgan fingerprint density at radius 2 is 2.17 bits per heavy atom. The Hall–Kier alpha value is -2.15. The SMILES string of the molecule is COCCN1CCC2(CCN(C(=O)c3ccc(N)nc3)C2)C1=O. The van der Waals surface area contributed by atoms with E-state index in [2.05, 4.69) is 4.98 Å². The number of nitrogen functional groups attached to an aromatic ring is 1. The quantitative estimate of drug-likeness (QED) is 0.867. The van der Waals surface area contributed by atoms with Gasteiger partial charge in [-0.2, -0.15) is 0 Å². The summed E-state index contributed by atoms with van der Waals surface area (Å²) in [6.07, 6.45) is 3.02. The number of methoxy groups -OCH3 is 1. The fourth-order valence-electron chi connectivity index (χ4n) is 3.45. The Balaban J connectivity index is 1.67. The maximum absolute atomic E-state index is 12.7. The van der Waals surface area contributed by atoms with Gasteiger partial charge in [-0.3, -0.25) is 9.59 Å². The van der Waals surface area contributed by atoms with E-state index in [4.69, 9.17) is 10.5 Å². The molecule has 2 fully saturated rings. The molecule has 1 spiro atoms. The van der Waals surface area contributed by atoms with Gasteiger partial charge in [-0.25, -0.2) is 4.98 Å². The highest BCUT2D eigenvalue weighted by molar-refractivity contribution is 5.95. The first-order valence-electron chi connectivity index (χ1n) is 7.85. The van der Waals surface area contributed by atoms with E-state index in [9.17, 15) is 9.59 Å². The van der Waals surface area contributed by atoms with Crippen LogP contribution in [0.2, 0.25) is 0 Å². The third-order valence-electron chi connectivity index (χ3n) is 4.84. The predicted octanol–water partition coefficient (Wildman–Crippen LogP) is 0.375. The number of ether oxygens (including phenoxy) is 1. The standard InChI is InChI=1S/C16H22N4O3/c1-23-9-8-19-6-4-16(15(19)22)5-7-20(11-16)14(21)12-2-3-13(17)18-10-12/h2-3,10H,4-9,11H2,1H3,(H2,17,18). The number of anilines is 1. The third-order valence-corrected chi connectivity index (χ3v) is 4.84. The van der Waals surface area contributed by atoms with Crippen LogP contribution in [0.25, 0.3) is 0 Å². The highest BCUT2D eigenvalue weighted by Gasteiger charge is 2.51. The van der Waals surface area contributed by atoms with Gasteiger partial charge in [0.15, 0.2) is 0 Å². The Labute approximate surface area is 135 Å². The minimum absolute atomic E-state index is 0.0856. The highest BCUT2D eigenvalue weighted by Crippen LogP contribution is 2.40. The molecule has 2 aliphatic heterocycles. The molecule has 0 aliphatic carbocycles. The van der Waals surface area contributed by atoms with Gasteiger partial charge in [0.05, 0.1) is 17.6 Å². The molecule has 7 heteroatoms. The fourth-order valence-corrected chi connectivity index (χ4v) is 3.45. The molecule has 7 nitrogen and oxygen atoms in total. The molecule has 1 unspecified atom stereocenters. The van der Waals surface area contributed by atoms with Gasteiger partial charge in [-0.05, 0) is 25.0 Å². The van der Waals surface area contributed by atoms with Crippen LogP contribution in [0.3, 0.4) is 0 Å². The Morgan fingerprint density at radius 1 is 1.39 bits per heavy atom. The number of pyridine rings is 1. The number of amides is 2. The van der Waals surface area contributed by atoms with E-state index in [1.165, 1.54) is 6.20 Å². The highest BCUT2D eigenvalue weighted by atomic mass is 16.5. The maximum atomic E-state index is 12.7. The Kier molecular flexibility index (Phi) is 4.21. The molecule has 23 heavy (non-hydrogen) atoms. The van der Waals surface area contributed by atoms with Crippen LogP contribution in [0.1, 0.15) is 23.2 Å². The molecule has 3 heterocycles. The van der Waals surface area contributed by atoms with Crippen LogP contribution < -0.4 is 5.73 Å². The molecule has 1 aromatic heterocycles. The second-order valence-corrected chi connectivity index (χ2v) is 6.26. The summed E-state index contributed by atoms with van der Waals surface area (Å²) < 4.78 is 5.05. The topological polar surface area (TPSA) is 88.8 Å². The monoisotopic (exact) mass is 318 g/mol. The second kappa shape index (κ2) is 6.16. The Morgan fingerprint density at radius 3 is 2.87 bits per heavy atom. The first-order chi connectivity index (χ1) is 11.1. The van der Waals surface area contributed by atoms with Crippen LogP contribution in [-0.2, 0) is 9.53 Å². The fraction of sp³-hybridized carbons (Fsp3) is 0.562. The van der Waals surface area contributed by atoms with Crippen molar-refractivity contribution in [3.63, 3.8) is 0 Å². The van der Waals surface area contributed by atoms with Crippen molar-refractivity contribution in [2.24, 2.45) is 5.41 Å². The molecule has 2 aliphatic rings. The molecule has 124 valence electrons. The third kappa shape index (κ3) is 2.88. The van der Waals surface area contributed by atoms with Gasteiger partial charge in [-0.1, -0.05) is 0 Å². The van der Waals surface area contributed by atoms with Crippen molar-refractivity contribution in [1.82, 2.24) is 14.8 Å². The van der Waals surface area contributed by atoms with Gasteiger partial charge < -0.3 is 20.3 Å². The predicted molar refractivity (Wildman–Crippen MR) is 84.7 cm³/mol. The molecular weight excluding hydrogens is 296 g/mol. The summed E-state index contributed by atoms with van der Waals surface area (Å²) in [6.45, 7) is 2.99. The molecule has 0 radical (unpaired) electrons. The lowest BCUT2D eigenvalue weighted by atomic mass is 9.85. The van der Waals surface area contributed by atoms with Crippen molar-refractivity contribution in [2.75, 3.05) is 45.6 Å². The number of hydrogen-bond acceptors (Lipinski definition) is 5. The Bertz CT molecular complexity index is 604. The van der Waals surface area contributed by atoms with Crippen LogP contribution in [-0.4, -0.2) is 66.5 Å². The van der Waals surface area contributed by atoms with E-state index in [1.807, 2.05) is 4.90 Å². The summed E-state index contributed by atoms with van der Waals surface area (Å²) in [5, 5.41) is 0. The van der Waals surface area contributed by atoms with Crippen molar-refractivity contribution >= 4 is 17.6 Å². The summed E-state index contributed by atoms with van der Waals surface area (Å²) in [5.41, 5.74) is 5.65. The molecule has 0 saturated carbocycles. The average Bonchev–Trinajstić information content (AvgIpc) is 3.12. The number of nitrogens with zero attached hydrogens (tertiary/aromatic N) is 3. The minimum Gasteiger partial charge on any atom is -0.384 e. The van der Waals surface area contributed by atoms with Crippen molar-refractivity contribution < 1.29 is 14.3 Å². The second-order valence-electron chi connectivity index (χ2n) is 6.26. The summed E-state index contributed by atoms with van der Waals surface area (Å²) in [5.74, 6) is 0.456. The molecule has 1 atom stereocenters. The number of hydrogen-bond donors (Lipinski definition) is 1. The minimum atomic E-state index is -0.412. The first kappa shape index (κ1) is 15.7. The number of nitrogens with two attached hydrogens (primary N) is 1. The average molecular weight is 318 g/mol. The first-order valence-corrected chi connectivity index (χ1v) is 7.85. The van der Waals surface area contributed by atoms with E-state index in [1.54, 1.807) is 24.1 Å². The number of rotatable bonds is 4. The van der Waals surface area contributed by atoms with Crippen LogP contribution in [0.15, 0.2) is 18.3 Å². The van der Waals surface area contributed by atoms with Crippen molar-refractivity contribution in [1.29, 1.82) is 0 Å². The number of likely N-dealkylation sites (tertiary alicyclic amines) is 2. The molecule has 2 N–H and O–H groups in total. The zero-order valence-electron chi connectivity index (χ0n) is 13.3. The largest absolute Gasteiger partial charge is 0.384 e. The van der Waals surface area contributed by atoms with Crippen LogP contribution >= 0.6 is 0 Å². The summed E-state index contributed by atoms with van der Waals surface area (Å²) in [6, 6.07) is 3.29. The zero-order valence-corrected chi connectivity index (χ0v) is 13.3. The molecular formula is C16H22N4O3. The molecule has 0 aromatic carbocycles. The van der Waals surface area contributed by atoms with Gasteiger partial charge in [0.2, 0.25) is 5.91 Å². The van der Waals surface area contributed by atoms with Crippen LogP contribution in [0, 0.1) is 5.41 Å². The number of carbonyl (C=O) groups is 2. The lowest BCUT2D eigenvalue weighted by Gasteiger charge is -2.23. The van der Waals surface area contributed by atoms with E-state index in [0.29, 0.717) is 37.6 Å². The summed E-state index contributed by atoms with van der Waals surface area (Å²) in [7, 11) is 1.63. The molecule has 2 amide bonds. The van der Waals surface area contributed by atoms with E-state index >= 15 is 0 Å². The van der Waals surface area contributed by atoms with E-state index in [-0.39, 0.29) is 11.8 Å². The van der Waals surface area contributed by atoms with Gasteiger partial charge in [0.1, 0.15) is 5.82 Å². The van der Waals surface area contributed by atoms with Crippen molar-refractivity contribution in [3.8, 4) is 0 Å². The van der Waals surface area contributed by atoms with Crippen molar-refractivity contribution in [3.05, 3.63) is 23.9 Å². The smallest absolute Gasteiger partial charge is 0.255 e. The molecule has 0 bridgehead atoms. The zero-order chi connectivity index (χ0) is 16.4. The lowest BCUT2D eigenvalue weighted by molar-refractivity contribution is -0.135. The lowest BCUT2D eigenvalue weighted by Crippen LogP contribution is -2.39. The number of aromatic nitrogens is 1. The van der Waals surface area contributed by atoms with Gasteiger partial charge >= 0.3 is 0 Å².